The molecule has 2 heteroatoms. The molecule has 0 aromatic carbocycles. The maximum Gasteiger partial charge on any atom is 0.188 e. The van der Waals surface area contributed by atoms with Crippen LogP contribution in [-0.4, -0.2) is 19.0 Å². The van der Waals surface area contributed by atoms with Crippen molar-refractivity contribution in [3.8, 4) is 0 Å². The van der Waals surface area contributed by atoms with Crippen LogP contribution in [0.15, 0.2) is 35.5 Å². The Morgan fingerprint density at radius 2 is 1.94 bits per heavy atom. The largest absolute Gasteiger partial charge is 0.374 e. The van der Waals surface area contributed by atoms with Gasteiger partial charge < -0.3 is 4.74 Å². The average Bonchev–Trinajstić information content (AvgIpc) is 2.35. The van der Waals surface area contributed by atoms with Gasteiger partial charge in [0.2, 0.25) is 0 Å². The third kappa shape index (κ3) is 3.46. The molecule has 0 aromatic heterocycles. The highest BCUT2D eigenvalue weighted by atomic mass is 16.5. The Morgan fingerprint density at radius 3 is 2.56 bits per heavy atom. The number of carbonyl (C=O) groups is 1. The fraction of sp³-hybridized carbons (Fsp3) is 0.500. The van der Waals surface area contributed by atoms with Crippen molar-refractivity contribution in [1.82, 2.24) is 0 Å². The Bertz CT molecular complexity index is 357. The fourth-order valence-electron chi connectivity index (χ4n) is 1.50. The minimum absolute atomic E-state index is 0.00883. The Hall–Kier alpha value is -1.15. The molecule has 0 aromatic rings. The monoisotopic (exact) mass is 220 g/mol. The van der Waals surface area contributed by atoms with Crippen LogP contribution in [0.2, 0.25) is 0 Å². The second-order valence-corrected chi connectivity index (χ2v) is 4.65. The van der Waals surface area contributed by atoms with Gasteiger partial charge in [-0.1, -0.05) is 38.2 Å². The van der Waals surface area contributed by atoms with E-state index in [0.717, 1.165) is 11.1 Å². The van der Waals surface area contributed by atoms with E-state index in [-0.39, 0.29) is 17.8 Å². The van der Waals surface area contributed by atoms with Crippen molar-refractivity contribution in [3.05, 3.63) is 35.5 Å². The molecule has 0 amide bonds. The summed E-state index contributed by atoms with van der Waals surface area (Å²) in [6.45, 7) is 8.82. The van der Waals surface area contributed by atoms with E-state index in [1.807, 2.05) is 26.0 Å². The predicted octanol–water partition coefficient (Wildman–Crippen LogP) is 3.06. The van der Waals surface area contributed by atoms with Gasteiger partial charge in [0.25, 0.3) is 0 Å². The Labute approximate surface area is 97.7 Å². The van der Waals surface area contributed by atoms with E-state index in [4.69, 9.17) is 4.74 Å². The summed E-state index contributed by atoms with van der Waals surface area (Å²) < 4.78 is 5.15. The van der Waals surface area contributed by atoms with Crippen LogP contribution in [0.5, 0.6) is 0 Å². The van der Waals surface area contributed by atoms with E-state index >= 15 is 0 Å². The smallest absolute Gasteiger partial charge is 0.188 e. The lowest BCUT2D eigenvalue weighted by molar-refractivity contribution is -0.119. The van der Waals surface area contributed by atoms with Gasteiger partial charge in [0, 0.05) is 17.6 Å². The molecule has 0 unspecified atom stereocenters. The van der Waals surface area contributed by atoms with Crippen LogP contribution >= 0.6 is 0 Å². The van der Waals surface area contributed by atoms with E-state index in [2.05, 4.69) is 26.0 Å². The normalized spacial score (nSPS) is 18.8. The molecule has 0 saturated heterocycles. The molecule has 88 valence electrons. The molecule has 1 aliphatic carbocycles. The van der Waals surface area contributed by atoms with Crippen molar-refractivity contribution < 1.29 is 9.53 Å². The van der Waals surface area contributed by atoms with Gasteiger partial charge >= 0.3 is 0 Å². The summed E-state index contributed by atoms with van der Waals surface area (Å²) in [5.74, 6) is 0.0537. The third-order valence-electron chi connectivity index (χ3n) is 2.60. The van der Waals surface area contributed by atoms with Crippen molar-refractivity contribution >= 4 is 5.78 Å². The average molecular weight is 220 g/mol. The SMILES string of the molecule is CCOCC(=O)C1=C(C)C=CC(C)(C)C=C1. The van der Waals surface area contributed by atoms with Gasteiger partial charge in [-0.05, 0) is 19.4 Å². The Kier molecular flexibility index (Phi) is 4.25. The van der Waals surface area contributed by atoms with Gasteiger partial charge in [-0.3, -0.25) is 4.79 Å². The first-order valence-electron chi connectivity index (χ1n) is 5.66. The maximum atomic E-state index is 11.9. The molecule has 2 nitrogen and oxygen atoms in total. The molecule has 0 aliphatic heterocycles. The van der Waals surface area contributed by atoms with Gasteiger partial charge in [-0.15, -0.1) is 0 Å². The van der Waals surface area contributed by atoms with Crippen LogP contribution < -0.4 is 0 Å². The number of ketones is 1. The van der Waals surface area contributed by atoms with E-state index < -0.39 is 0 Å². The molecule has 0 bridgehead atoms. The van der Waals surface area contributed by atoms with Crippen LogP contribution in [0.25, 0.3) is 0 Å². The zero-order valence-electron chi connectivity index (χ0n) is 10.5. The molecule has 1 rings (SSSR count). The lowest BCUT2D eigenvalue weighted by Crippen LogP contribution is -2.11. The van der Waals surface area contributed by atoms with Gasteiger partial charge in [0.15, 0.2) is 5.78 Å². The number of carbonyl (C=O) groups excluding carboxylic acids is 1. The minimum Gasteiger partial charge on any atom is -0.374 e. The van der Waals surface area contributed by atoms with Crippen LogP contribution in [0, 0.1) is 5.41 Å². The molecule has 0 saturated carbocycles. The van der Waals surface area contributed by atoms with Crippen LogP contribution in [0.4, 0.5) is 0 Å². The van der Waals surface area contributed by atoms with Crippen molar-refractivity contribution in [3.63, 3.8) is 0 Å². The first-order valence-corrected chi connectivity index (χ1v) is 5.66. The van der Waals surface area contributed by atoms with Gasteiger partial charge in [0.05, 0.1) is 0 Å². The van der Waals surface area contributed by atoms with E-state index in [9.17, 15) is 4.79 Å². The molecule has 0 spiro atoms. The lowest BCUT2D eigenvalue weighted by atomic mass is 9.93. The zero-order chi connectivity index (χ0) is 12.2. The number of Topliss-reactive ketones (excluding diaryl/α,β-unsaturated/α-hetero) is 1. The molecule has 16 heavy (non-hydrogen) atoms. The minimum atomic E-state index is 0.00883. The van der Waals surface area contributed by atoms with E-state index in [0.29, 0.717) is 6.61 Å². The quantitative estimate of drug-likeness (QED) is 0.728. The maximum absolute atomic E-state index is 11.9. The molecule has 0 radical (unpaired) electrons. The van der Waals surface area contributed by atoms with Crippen molar-refractivity contribution in [1.29, 1.82) is 0 Å². The number of rotatable bonds is 4. The third-order valence-corrected chi connectivity index (χ3v) is 2.60. The predicted molar refractivity (Wildman–Crippen MR) is 66.3 cm³/mol. The summed E-state index contributed by atoms with van der Waals surface area (Å²) in [7, 11) is 0. The van der Waals surface area contributed by atoms with Crippen molar-refractivity contribution in [2.45, 2.75) is 27.7 Å². The molecule has 0 N–H and O–H groups in total. The van der Waals surface area contributed by atoms with E-state index in [1.54, 1.807) is 0 Å². The number of hydrogen-bond donors (Lipinski definition) is 0. The molecule has 0 atom stereocenters. The molecular formula is C14H20O2. The summed E-state index contributed by atoms with van der Waals surface area (Å²) in [6, 6.07) is 0. The van der Waals surface area contributed by atoms with Crippen LogP contribution in [0.3, 0.4) is 0 Å². The first kappa shape index (κ1) is 12.9. The number of allylic oxidation sites excluding steroid dienone is 5. The summed E-state index contributed by atoms with van der Waals surface area (Å²) in [5, 5.41) is 0. The van der Waals surface area contributed by atoms with Gasteiger partial charge in [0.1, 0.15) is 6.61 Å². The fourth-order valence-corrected chi connectivity index (χ4v) is 1.50. The van der Waals surface area contributed by atoms with Gasteiger partial charge in [-0.2, -0.15) is 0 Å². The Balaban J connectivity index is 2.87. The topological polar surface area (TPSA) is 26.3 Å². The summed E-state index contributed by atoms with van der Waals surface area (Å²) in [5.41, 5.74) is 1.77. The standard InChI is InChI=1S/C14H20O2/c1-5-16-10-13(15)12-7-9-14(3,4)8-6-11(12)2/h6-9H,5,10H2,1-4H3. The summed E-state index contributed by atoms with van der Waals surface area (Å²) in [4.78, 5) is 11.9. The Morgan fingerprint density at radius 1 is 1.31 bits per heavy atom. The van der Waals surface area contributed by atoms with Crippen molar-refractivity contribution in [2.24, 2.45) is 5.41 Å². The highest BCUT2D eigenvalue weighted by molar-refractivity contribution is 6.00. The number of hydrogen-bond acceptors (Lipinski definition) is 2. The first-order chi connectivity index (χ1) is 7.46. The highest BCUT2D eigenvalue weighted by Gasteiger charge is 2.16. The second-order valence-electron chi connectivity index (χ2n) is 4.65. The molecular weight excluding hydrogens is 200 g/mol. The highest BCUT2D eigenvalue weighted by Crippen LogP contribution is 2.25. The summed E-state index contributed by atoms with van der Waals surface area (Å²) in [6.07, 6.45) is 8.09. The zero-order valence-corrected chi connectivity index (χ0v) is 10.5. The molecule has 0 fully saturated rings. The second kappa shape index (κ2) is 5.26. The molecule has 1 aliphatic rings. The molecule has 0 heterocycles. The lowest BCUT2D eigenvalue weighted by Gasteiger charge is -2.12. The van der Waals surface area contributed by atoms with Gasteiger partial charge in [-0.25, -0.2) is 0 Å². The van der Waals surface area contributed by atoms with Crippen LogP contribution in [-0.2, 0) is 9.53 Å². The summed E-state index contributed by atoms with van der Waals surface area (Å²) >= 11 is 0. The van der Waals surface area contributed by atoms with Crippen molar-refractivity contribution in [2.75, 3.05) is 13.2 Å². The van der Waals surface area contributed by atoms with Crippen LogP contribution in [0.1, 0.15) is 27.7 Å². The number of ether oxygens (including phenoxy) is 1. The van der Waals surface area contributed by atoms with E-state index in [1.165, 1.54) is 0 Å².